The molecule has 2 unspecified atom stereocenters. The van der Waals surface area contributed by atoms with E-state index in [1.54, 1.807) is 0 Å². The fraction of sp³-hybridized carbons (Fsp3) is 0.846. The Kier molecular flexibility index (Phi) is 2.62. The zero-order valence-electron chi connectivity index (χ0n) is 11.0. The minimum Gasteiger partial charge on any atom is -0.378 e. The third-order valence-electron chi connectivity index (χ3n) is 4.42. The van der Waals surface area contributed by atoms with Crippen LogP contribution in [0.2, 0.25) is 0 Å². The first-order valence-electron chi connectivity index (χ1n) is 6.85. The van der Waals surface area contributed by atoms with Gasteiger partial charge in [-0.05, 0) is 18.8 Å². The summed E-state index contributed by atoms with van der Waals surface area (Å²) in [5, 5.41) is 10.9. The van der Waals surface area contributed by atoms with Crippen molar-refractivity contribution in [1.29, 1.82) is 5.41 Å². The Hall–Kier alpha value is -1.10. The van der Waals surface area contributed by atoms with Crippen LogP contribution in [0.15, 0.2) is 0 Å². The van der Waals surface area contributed by atoms with Crippen molar-refractivity contribution in [3.63, 3.8) is 0 Å². The van der Waals surface area contributed by atoms with Crippen LogP contribution in [-0.2, 0) is 4.74 Å². The summed E-state index contributed by atoms with van der Waals surface area (Å²) >= 11 is 0. The highest BCUT2D eigenvalue weighted by atomic mass is 16.5. The molecule has 2 heterocycles. The van der Waals surface area contributed by atoms with Crippen LogP contribution in [-0.4, -0.2) is 41.1 Å². The molecular weight excluding hydrogens is 230 g/mol. The summed E-state index contributed by atoms with van der Waals surface area (Å²) in [7, 11) is 0. The highest BCUT2D eigenvalue weighted by Gasteiger charge is 2.57. The van der Waals surface area contributed by atoms with E-state index in [4.69, 9.17) is 10.1 Å². The summed E-state index contributed by atoms with van der Waals surface area (Å²) in [5.41, 5.74) is -0.411. The quantitative estimate of drug-likeness (QED) is 0.785. The zero-order chi connectivity index (χ0) is 12.9. The lowest BCUT2D eigenvalue weighted by atomic mass is 9.81. The van der Waals surface area contributed by atoms with E-state index in [0.29, 0.717) is 24.4 Å². The Labute approximate surface area is 107 Å². The van der Waals surface area contributed by atoms with Crippen molar-refractivity contribution in [1.82, 2.24) is 10.2 Å². The lowest BCUT2D eigenvalue weighted by molar-refractivity contribution is -0.0550. The lowest BCUT2D eigenvalue weighted by Gasteiger charge is -2.44. The number of amidine groups is 1. The van der Waals surface area contributed by atoms with E-state index < -0.39 is 5.54 Å². The maximum absolute atomic E-state index is 12.0. The summed E-state index contributed by atoms with van der Waals surface area (Å²) in [4.78, 5) is 14.0. The monoisotopic (exact) mass is 251 g/mol. The van der Waals surface area contributed by atoms with Gasteiger partial charge in [0.05, 0.1) is 6.10 Å². The second kappa shape index (κ2) is 3.95. The number of hydrogen-bond acceptors (Lipinski definition) is 3. The number of hydrogen-bond donors (Lipinski definition) is 2. The second-order valence-electron chi connectivity index (χ2n) is 6.05. The molecular formula is C13H21N3O2. The number of carbonyl (C=O) groups is 1. The Morgan fingerprint density at radius 3 is 2.83 bits per heavy atom. The predicted molar refractivity (Wildman–Crippen MR) is 67.7 cm³/mol. The van der Waals surface area contributed by atoms with Gasteiger partial charge < -0.3 is 9.64 Å². The van der Waals surface area contributed by atoms with Gasteiger partial charge in [0, 0.05) is 25.5 Å². The number of nitrogens with one attached hydrogen (secondary N) is 2. The van der Waals surface area contributed by atoms with Crippen molar-refractivity contribution in [2.45, 2.75) is 57.2 Å². The first-order valence-corrected chi connectivity index (χ1v) is 6.85. The van der Waals surface area contributed by atoms with E-state index in [1.807, 2.05) is 4.90 Å². The Bertz CT molecular complexity index is 392. The van der Waals surface area contributed by atoms with Gasteiger partial charge in [0.15, 0.2) is 0 Å². The first-order chi connectivity index (χ1) is 8.54. The van der Waals surface area contributed by atoms with Gasteiger partial charge in [-0.3, -0.25) is 10.7 Å². The minimum absolute atomic E-state index is 0.0769. The number of rotatable bonds is 2. The van der Waals surface area contributed by atoms with Crippen LogP contribution in [0.4, 0.5) is 4.79 Å². The van der Waals surface area contributed by atoms with E-state index >= 15 is 0 Å². The first kappa shape index (κ1) is 12.0. The van der Waals surface area contributed by atoms with Crippen LogP contribution in [0.5, 0.6) is 0 Å². The third-order valence-corrected chi connectivity index (χ3v) is 4.42. The van der Waals surface area contributed by atoms with E-state index in [9.17, 15) is 4.79 Å². The smallest absolute Gasteiger partial charge is 0.323 e. The molecule has 3 fully saturated rings. The van der Waals surface area contributed by atoms with E-state index in [2.05, 4.69) is 19.2 Å². The minimum atomic E-state index is -0.411. The average molecular weight is 251 g/mol. The van der Waals surface area contributed by atoms with Crippen LogP contribution >= 0.6 is 0 Å². The molecule has 1 aliphatic carbocycles. The summed E-state index contributed by atoms with van der Waals surface area (Å²) in [6, 6.07) is 0.269. The molecule has 0 bridgehead atoms. The Balaban J connectivity index is 1.90. The van der Waals surface area contributed by atoms with Gasteiger partial charge in [0.2, 0.25) is 0 Å². The fourth-order valence-electron chi connectivity index (χ4n) is 3.19. The predicted octanol–water partition coefficient (Wildman–Crippen LogP) is 1.73. The number of ether oxygens (including phenoxy) is 1. The number of urea groups is 1. The SMILES string of the molecule is CC(C)C1CC2(CCO1)C(=N)NC(=O)N2C1CC1. The number of amides is 2. The van der Waals surface area contributed by atoms with E-state index in [0.717, 1.165) is 25.7 Å². The standard InChI is InChI=1S/C13H21N3O2/c1-8(2)10-7-13(5-6-18-10)11(14)15-12(17)16(13)9-3-4-9/h8-10H,3-7H2,1-2H3,(H2,14,15,17). The zero-order valence-corrected chi connectivity index (χ0v) is 11.0. The molecule has 100 valence electrons. The average Bonchev–Trinajstić information content (AvgIpc) is 3.10. The van der Waals surface area contributed by atoms with Crippen molar-refractivity contribution in [2.75, 3.05) is 6.61 Å². The van der Waals surface area contributed by atoms with E-state index in [1.165, 1.54) is 0 Å². The van der Waals surface area contributed by atoms with Crippen molar-refractivity contribution < 1.29 is 9.53 Å². The maximum Gasteiger partial charge on any atom is 0.323 e. The van der Waals surface area contributed by atoms with Crippen LogP contribution < -0.4 is 5.32 Å². The molecule has 0 aromatic rings. The molecule has 2 saturated heterocycles. The molecule has 0 aromatic carbocycles. The van der Waals surface area contributed by atoms with Gasteiger partial charge in [-0.25, -0.2) is 4.79 Å². The van der Waals surface area contributed by atoms with Crippen LogP contribution in [0, 0.1) is 11.3 Å². The van der Waals surface area contributed by atoms with Gasteiger partial charge in [-0.15, -0.1) is 0 Å². The summed E-state index contributed by atoms with van der Waals surface area (Å²) in [6.45, 7) is 4.92. The number of nitrogens with zero attached hydrogens (tertiary/aromatic N) is 1. The molecule has 2 atom stereocenters. The van der Waals surface area contributed by atoms with E-state index in [-0.39, 0.29) is 12.1 Å². The van der Waals surface area contributed by atoms with Crippen molar-refractivity contribution in [3.8, 4) is 0 Å². The molecule has 5 heteroatoms. The molecule has 2 amide bonds. The molecule has 3 rings (SSSR count). The summed E-state index contributed by atoms with van der Waals surface area (Å²) in [6.07, 6.45) is 3.82. The Morgan fingerprint density at radius 2 is 2.22 bits per heavy atom. The molecule has 1 spiro atoms. The van der Waals surface area contributed by atoms with Gasteiger partial charge in [0.1, 0.15) is 11.4 Å². The third kappa shape index (κ3) is 1.64. The van der Waals surface area contributed by atoms with Gasteiger partial charge in [-0.2, -0.15) is 0 Å². The molecule has 18 heavy (non-hydrogen) atoms. The highest BCUT2D eigenvalue weighted by molar-refractivity contribution is 6.08. The van der Waals surface area contributed by atoms with Gasteiger partial charge in [-0.1, -0.05) is 13.8 Å². The molecule has 2 N–H and O–H groups in total. The van der Waals surface area contributed by atoms with Crippen molar-refractivity contribution >= 4 is 11.9 Å². The summed E-state index contributed by atoms with van der Waals surface area (Å²) < 4.78 is 5.80. The number of carbonyl (C=O) groups excluding carboxylic acids is 1. The topological polar surface area (TPSA) is 65.4 Å². The van der Waals surface area contributed by atoms with Crippen LogP contribution in [0.3, 0.4) is 0 Å². The molecule has 0 radical (unpaired) electrons. The molecule has 2 aliphatic heterocycles. The van der Waals surface area contributed by atoms with Crippen molar-refractivity contribution in [3.05, 3.63) is 0 Å². The highest BCUT2D eigenvalue weighted by Crippen LogP contribution is 2.43. The largest absolute Gasteiger partial charge is 0.378 e. The molecule has 0 aromatic heterocycles. The molecule has 1 saturated carbocycles. The van der Waals surface area contributed by atoms with Gasteiger partial charge in [0.25, 0.3) is 0 Å². The van der Waals surface area contributed by atoms with Gasteiger partial charge >= 0.3 is 6.03 Å². The fourth-order valence-corrected chi connectivity index (χ4v) is 3.19. The molecule has 5 nitrogen and oxygen atoms in total. The van der Waals surface area contributed by atoms with Crippen LogP contribution in [0.1, 0.15) is 39.5 Å². The summed E-state index contributed by atoms with van der Waals surface area (Å²) in [5.74, 6) is 0.806. The normalized spacial score (nSPS) is 36.6. The second-order valence-corrected chi connectivity index (χ2v) is 6.05. The Morgan fingerprint density at radius 1 is 1.50 bits per heavy atom. The molecule has 3 aliphatic rings. The lowest BCUT2D eigenvalue weighted by Crippen LogP contribution is -2.56. The maximum atomic E-state index is 12.0. The van der Waals surface area contributed by atoms with Crippen LogP contribution in [0.25, 0.3) is 0 Å². The van der Waals surface area contributed by atoms with Crippen molar-refractivity contribution in [2.24, 2.45) is 5.92 Å².